The fourth-order valence-corrected chi connectivity index (χ4v) is 0.410. The Morgan fingerprint density at radius 3 is 2.11 bits per heavy atom. The van der Waals surface area contributed by atoms with Crippen LogP contribution in [0, 0.1) is 0 Å². The van der Waals surface area contributed by atoms with Crippen LogP contribution in [0.5, 0.6) is 0 Å². The lowest BCUT2D eigenvalue weighted by atomic mass is 10.2. The van der Waals surface area contributed by atoms with E-state index in [0.717, 1.165) is 0 Å². The van der Waals surface area contributed by atoms with Crippen molar-refractivity contribution < 1.29 is 9.84 Å². The summed E-state index contributed by atoms with van der Waals surface area (Å²) in [6, 6.07) is 0. The lowest BCUT2D eigenvalue weighted by molar-refractivity contribution is -0.137. The van der Waals surface area contributed by atoms with Gasteiger partial charge in [0.15, 0.2) is 6.29 Å². The first-order chi connectivity index (χ1) is 3.95. The van der Waals surface area contributed by atoms with Crippen LogP contribution in [0.4, 0.5) is 0 Å². The molecule has 0 heterocycles. The standard InChI is InChI=1S/C7H14O2/c1-5-6(8)9-7(2,3)4/h5-6,8H,1H2,2-4H3. The molecule has 1 atom stereocenters. The van der Waals surface area contributed by atoms with Crippen LogP contribution in [0.1, 0.15) is 20.8 Å². The summed E-state index contributed by atoms with van der Waals surface area (Å²) >= 11 is 0. The van der Waals surface area contributed by atoms with E-state index in [-0.39, 0.29) is 5.60 Å². The molecule has 1 N–H and O–H groups in total. The minimum atomic E-state index is -0.843. The summed E-state index contributed by atoms with van der Waals surface area (Å²) in [7, 11) is 0. The van der Waals surface area contributed by atoms with Gasteiger partial charge in [-0.05, 0) is 26.8 Å². The SMILES string of the molecule is C=CC(O)OC(C)(C)C. The second-order valence-electron chi connectivity index (χ2n) is 2.86. The van der Waals surface area contributed by atoms with Gasteiger partial charge in [-0.15, -0.1) is 0 Å². The van der Waals surface area contributed by atoms with Gasteiger partial charge in [0, 0.05) is 0 Å². The largest absolute Gasteiger partial charge is 0.365 e. The normalized spacial score (nSPS) is 15.1. The lowest BCUT2D eigenvalue weighted by Crippen LogP contribution is -2.25. The molecule has 0 aromatic heterocycles. The van der Waals surface area contributed by atoms with Crippen LogP contribution in [-0.4, -0.2) is 17.0 Å². The highest BCUT2D eigenvalue weighted by Crippen LogP contribution is 2.08. The van der Waals surface area contributed by atoms with E-state index in [1.807, 2.05) is 20.8 Å². The van der Waals surface area contributed by atoms with Gasteiger partial charge >= 0.3 is 0 Å². The molecule has 0 bridgehead atoms. The Kier molecular flexibility index (Phi) is 2.88. The Bertz CT molecular complexity index is 91.6. The van der Waals surface area contributed by atoms with E-state index in [0.29, 0.717) is 0 Å². The van der Waals surface area contributed by atoms with E-state index in [2.05, 4.69) is 6.58 Å². The van der Waals surface area contributed by atoms with Crippen LogP contribution in [0.25, 0.3) is 0 Å². The number of aliphatic hydroxyl groups is 1. The number of ether oxygens (including phenoxy) is 1. The quantitative estimate of drug-likeness (QED) is 0.451. The van der Waals surface area contributed by atoms with Crippen molar-refractivity contribution in [1.29, 1.82) is 0 Å². The highest BCUT2D eigenvalue weighted by atomic mass is 16.6. The van der Waals surface area contributed by atoms with Crippen molar-refractivity contribution in [3.05, 3.63) is 12.7 Å². The second kappa shape index (κ2) is 2.99. The molecule has 0 spiro atoms. The zero-order valence-corrected chi connectivity index (χ0v) is 6.22. The summed E-state index contributed by atoms with van der Waals surface area (Å²) in [5.41, 5.74) is -0.298. The number of aliphatic hydroxyl groups excluding tert-OH is 1. The van der Waals surface area contributed by atoms with Crippen molar-refractivity contribution in [2.24, 2.45) is 0 Å². The summed E-state index contributed by atoms with van der Waals surface area (Å²) < 4.78 is 5.02. The van der Waals surface area contributed by atoms with Crippen molar-refractivity contribution in [2.75, 3.05) is 0 Å². The van der Waals surface area contributed by atoms with Gasteiger partial charge in [-0.2, -0.15) is 0 Å². The van der Waals surface area contributed by atoms with E-state index in [4.69, 9.17) is 9.84 Å². The molecule has 0 aliphatic rings. The Balaban J connectivity index is 3.59. The van der Waals surface area contributed by atoms with Gasteiger partial charge in [0.2, 0.25) is 0 Å². The van der Waals surface area contributed by atoms with Crippen molar-refractivity contribution in [3.8, 4) is 0 Å². The van der Waals surface area contributed by atoms with Gasteiger partial charge in [0.1, 0.15) is 0 Å². The average molecular weight is 130 g/mol. The lowest BCUT2D eigenvalue weighted by Gasteiger charge is -2.21. The molecule has 0 aliphatic carbocycles. The third kappa shape index (κ3) is 5.53. The number of rotatable bonds is 2. The Hall–Kier alpha value is -0.340. The molecular weight excluding hydrogens is 116 g/mol. The molecule has 2 nitrogen and oxygen atoms in total. The van der Waals surface area contributed by atoms with Crippen LogP contribution in [0.2, 0.25) is 0 Å². The predicted octanol–water partition coefficient (Wildman–Crippen LogP) is 1.31. The Labute approximate surface area is 56.1 Å². The molecule has 0 saturated heterocycles. The molecular formula is C7H14O2. The highest BCUT2D eigenvalue weighted by molar-refractivity contribution is 4.73. The summed E-state index contributed by atoms with van der Waals surface area (Å²) in [6.07, 6.45) is 0.510. The number of hydrogen-bond acceptors (Lipinski definition) is 2. The van der Waals surface area contributed by atoms with E-state index in [9.17, 15) is 0 Å². The smallest absolute Gasteiger partial charge is 0.174 e. The molecule has 2 heteroatoms. The zero-order chi connectivity index (χ0) is 7.49. The topological polar surface area (TPSA) is 29.5 Å². The van der Waals surface area contributed by atoms with Gasteiger partial charge in [0.25, 0.3) is 0 Å². The first-order valence-corrected chi connectivity index (χ1v) is 2.94. The molecule has 0 radical (unpaired) electrons. The van der Waals surface area contributed by atoms with Gasteiger partial charge < -0.3 is 9.84 Å². The third-order valence-corrected chi connectivity index (χ3v) is 0.676. The first kappa shape index (κ1) is 8.66. The molecule has 9 heavy (non-hydrogen) atoms. The van der Waals surface area contributed by atoms with E-state index in [1.165, 1.54) is 6.08 Å². The minimum Gasteiger partial charge on any atom is -0.365 e. The van der Waals surface area contributed by atoms with Crippen molar-refractivity contribution >= 4 is 0 Å². The molecule has 0 rings (SSSR count). The third-order valence-electron chi connectivity index (χ3n) is 0.676. The molecule has 0 saturated carbocycles. The fraction of sp³-hybridized carbons (Fsp3) is 0.714. The minimum absolute atomic E-state index is 0.298. The van der Waals surface area contributed by atoms with Crippen molar-refractivity contribution in [1.82, 2.24) is 0 Å². The van der Waals surface area contributed by atoms with Crippen molar-refractivity contribution in [2.45, 2.75) is 32.7 Å². The molecule has 0 amide bonds. The predicted molar refractivity (Wildman–Crippen MR) is 37.0 cm³/mol. The molecule has 1 unspecified atom stereocenters. The molecule has 0 aliphatic heterocycles. The van der Waals surface area contributed by atoms with Crippen LogP contribution < -0.4 is 0 Å². The number of hydrogen-bond donors (Lipinski definition) is 1. The van der Waals surface area contributed by atoms with E-state index in [1.54, 1.807) is 0 Å². The van der Waals surface area contributed by atoms with E-state index < -0.39 is 6.29 Å². The van der Waals surface area contributed by atoms with Gasteiger partial charge in [-0.1, -0.05) is 6.58 Å². The molecule has 54 valence electrons. The molecule has 0 fully saturated rings. The van der Waals surface area contributed by atoms with Crippen LogP contribution in [0.3, 0.4) is 0 Å². The van der Waals surface area contributed by atoms with Crippen LogP contribution >= 0.6 is 0 Å². The van der Waals surface area contributed by atoms with Crippen molar-refractivity contribution in [3.63, 3.8) is 0 Å². The maximum Gasteiger partial charge on any atom is 0.174 e. The summed E-state index contributed by atoms with van der Waals surface area (Å²) in [5.74, 6) is 0. The van der Waals surface area contributed by atoms with E-state index >= 15 is 0 Å². The van der Waals surface area contributed by atoms with Gasteiger partial charge in [-0.25, -0.2) is 0 Å². The highest BCUT2D eigenvalue weighted by Gasteiger charge is 2.13. The van der Waals surface area contributed by atoms with Crippen LogP contribution in [-0.2, 0) is 4.74 Å². The maximum absolute atomic E-state index is 8.85. The molecule has 0 aromatic carbocycles. The monoisotopic (exact) mass is 130 g/mol. The summed E-state index contributed by atoms with van der Waals surface area (Å²) in [6.45, 7) is 8.99. The van der Waals surface area contributed by atoms with Crippen LogP contribution in [0.15, 0.2) is 12.7 Å². The van der Waals surface area contributed by atoms with Gasteiger partial charge in [0.05, 0.1) is 5.60 Å². The molecule has 0 aromatic rings. The second-order valence-corrected chi connectivity index (χ2v) is 2.86. The first-order valence-electron chi connectivity index (χ1n) is 2.94. The van der Waals surface area contributed by atoms with Gasteiger partial charge in [-0.3, -0.25) is 0 Å². The zero-order valence-electron chi connectivity index (χ0n) is 6.22. The fourth-order valence-electron chi connectivity index (χ4n) is 0.410. The Morgan fingerprint density at radius 1 is 1.56 bits per heavy atom. The summed E-state index contributed by atoms with van der Waals surface area (Å²) in [4.78, 5) is 0. The maximum atomic E-state index is 8.85. The summed E-state index contributed by atoms with van der Waals surface area (Å²) in [5, 5.41) is 8.85. The Morgan fingerprint density at radius 2 is 2.00 bits per heavy atom. The average Bonchev–Trinajstić information content (AvgIpc) is 1.62.